The van der Waals surface area contributed by atoms with Gasteiger partial charge in [-0.3, -0.25) is 0 Å². The second kappa shape index (κ2) is 6.93. The van der Waals surface area contributed by atoms with Gasteiger partial charge in [-0.15, -0.1) is 0 Å². The molecule has 0 aliphatic carbocycles. The predicted molar refractivity (Wildman–Crippen MR) is 99.5 cm³/mol. The van der Waals surface area contributed by atoms with E-state index >= 15 is 0 Å². The quantitative estimate of drug-likeness (QED) is 0.631. The van der Waals surface area contributed by atoms with Gasteiger partial charge in [0.05, 0.1) is 11.3 Å². The normalized spacial score (nSPS) is 18.6. The summed E-state index contributed by atoms with van der Waals surface area (Å²) in [4.78, 5) is 19.3. The molecule has 0 spiro atoms. The Morgan fingerprint density at radius 1 is 1.00 bits per heavy atom. The van der Waals surface area contributed by atoms with Crippen LogP contribution in [0, 0.1) is 0 Å². The Bertz CT molecular complexity index is 817. The zero-order valence-electron chi connectivity index (χ0n) is 14.0. The number of hydrogen-bond donors (Lipinski definition) is 0. The maximum atomic E-state index is 12.0. The first-order chi connectivity index (χ1) is 12.3. The summed E-state index contributed by atoms with van der Waals surface area (Å²) in [6.07, 6.45) is 4.98. The minimum atomic E-state index is -0.380. The first-order valence-corrected chi connectivity index (χ1v) is 8.69. The Kier molecular flexibility index (Phi) is 4.34. The Morgan fingerprint density at radius 2 is 1.72 bits per heavy atom. The summed E-state index contributed by atoms with van der Waals surface area (Å²) in [5, 5.41) is 3.96. The highest BCUT2D eigenvalue weighted by Gasteiger charge is 2.25. The van der Waals surface area contributed by atoms with Crippen LogP contribution in [0.3, 0.4) is 0 Å². The zero-order chi connectivity index (χ0) is 17.1. The number of nitrogens with zero attached hydrogens (tertiary/aromatic N) is 2. The summed E-state index contributed by atoms with van der Waals surface area (Å²) >= 11 is 0. The summed E-state index contributed by atoms with van der Waals surface area (Å²) in [5.41, 5.74) is 4.55. The van der Waals surface area contributed by atoms with Gasteiger partial charge in [-0.2, -0.15) is 0 Å². The van der Waals surface area contributed by atoms with Crippen LogP contribution in [0.15, 0.2) is 65.3 Å². The van der Waals surface area contributed by atoms with Crippen molar-refractivity contribution in [2.24, 2.45) is 5.16 Å². The maximum Gasteiger partial charge on any atom is 0.367 e. The Hall–Kier alpha value is -2.88. The lowest BCUT2D eigenvalue weighted by atomic mass is 10.0. The topological polar surface area (TPSA) is 41.9 Å². The van der Waals surface area contributed by atoms with Crippen molar-refractivity contribution in [3.63, 3.8) is 0 Å². The molecule has 1 saturated heterocycles. The van der Waals surface area contributed by atoms with E-state index in [1.165, 1.54) is 18.5 Å². The van der Waals surface area contributed by atoms with Gasteiger partial charge in [-0.1, -0.05) is 47.6 Å². The van der Waals surface area contributed by atoms with E-state index in [2.05, 4.69) is 22.2 Å². The van der Waals surface area contributed by atoms with Gasteiger partial charge in [-0.25, -0.2) is 4.79 Å². The van der Waals surface area contributed by atoms with Gasteiger partial charge >= 0.3 is 5.97 Å². The van der Waals surface area contributed by atoms with Crippen molar-refractivity contribution < 1.29 is 9.63 Å². The van der Waals surface area contributed by atoms with E-state index in [1.807, 2.05) is 48.5 Å². The van der Waals surface area contributed by atoms with Gasteiger partial charge < -0.3 is 9.74 Å². The van der Waals surface area contributed by atoms with Gasteiger partial charge in [-0.05, 0) is 42.2 Å². The molecule has 25 heavy (non-hydrogen) atoms. The molecule has 0 amide bonds. The number of hydrogen-bond acceptors (Lipinski definition) is 4. The van der Waals surface area contributed by atoms with E-state index < -0.39 is 0 Å². The highest BCUT2D eigenvalue weighted by atomic mass is 16.7. The van der Waals surface area contributed by atoms with Crippen LogP contribution >= 0.6 is 0 Å². The fourth-order valence-corrected chi connectivity index (χ4v) is 3.30. The summed E-state index contributed by atoms with van der Waals surface area (Å²) < 4.78 is 0. The summed E-state index contributed by atoms with van der Waals surface area (Å²) in [5.74, 6) is -0.380. The van der Waals surface area contributed by atoms with E-state index in [9.17, 15) is 4.79 Å². The molecule has 0 radical (unpaired) electrons. The van der Waals surface area contributed by atoms with Crippen molar-refractivity contribution in [1.29, 1.82) is 0 Å². The zero-order valence-corrected chi connectivity index (χ0v) is 14.0. The largest absolute Gasteiger partial charge is 0.372 e. The van der Waals surface area contributed by atoms with Crippen LogP contribution in [0.1, 0.15) is 24.0 Å². The summed E-state index contributed by atoms with van der Waals surface area (Å²) in [7, 11) is 0. The molecule has 0 N–H and O–H groups in total. The van der Waals surface area contributed by atoms with Crippen LogP contribution in [0.5, 0.6) is 0 Å². The van der Waals surface area contributed by atoms with Crippen molar-refractivity contribution in [3.05, 3.63) is 71.3 Å². The van der Waals surface area contributed by atoms with Crippen molar-refractivity contribution in [3.8, 4) is 0 Å². The molecule has 0 saturated carbocycles. The molecule has 0 aromatic heterocycles. The SMILES string of the molecule is O=C1ON=C(Cc2ccccc2)/C1=C/c1ccc(N2CCCC2)cc1. The van der Waals surface area contributed by atoms with Crippen LogP contribution < -0.4 is 4.90 Å². The maximum absolute atomic E-state index is 12.0. The van der Waals surface area contributed by atoms with Crippen LogP contribution in [-0.2, 0) is 16.1 Å². The first kappa shape index (κ1) is 15.6. The second-order valence-corrected chi connectivity index (χ2v) is 6.42. The Morgan fingerprint density at radius 3 is 2.44 bits per heavy atom. The third kappa shape index (κ3) is 3.48. The van der Waals surface area contributed by atoms with Crippen LogP contribution in [-0.4, -0.2) is 24.8 Å². The monoisotopic (exact) mass is 332 g/mol. The molecular weight excluding hydrogens is 312 g/mol. The van der Waals surface area contributed by atoms with Gasteiger partial charge in [0.2, 0.25) is 0 Å². The lowest BCUT2D eigenvalue weighted by Crippen LogP contribution is -2.17. The molecule has 1 fully saturated rings. The van der Waals surface area contributed by atoms with E-state index in [-0.39, 0.29) is 5.97 Å². The lowest BCUT2D eigenvalue weighted by molar-refractivity contribution is -0.136. The molecule has 2 heterocycles. The molecule has 2 aliphatic rings. The molecule has 2 aromatic carbocycles. The summed E-state index contributed by atoms with van der Waals surface area (Å²) in [6.45, 7) is 2.25. The Balaban J connectivity index is 1.54. The summed E-state index contributed by atoms with van der Waals surface area (Å²) in [6, 6.07) is 18.3. The number of anilines is 1. The lowest BCUT2D eigenvalue weighted by Gasteiger charge is -2.17. The smallest absolute Gasteiger partial charge is 0.367 e. The number of benzene rings is 2. The molecule has 2 aliphatic heterocycles. The van der Waals surface area contributed by atoms with Crippen molar-refractivity contribution in [1.82, 2.24) is 0 Å². The predicted octanol–water partition coefficient (Wildman–Crippen LogP) is 3.83. The highest BCUT2D eigenvalue weighted by Crippen LogP contribution is 2.23. The first-order valence-electron chi connectivity index (χ1n) is 8.69. The minimum Gasteiger partial charge on any atom is -0.372 e. The molecule has 4 nitrogen and oxygen atoms in total. The third-order valence-corrected chi connectivity index (χ3v) is 4.66. The van der Waals surface area contributed by atoms with Crippen molar-refractivity contribution >= 4 is 23.4 Å². The fourth-order valence-electron chi connectivity index (χ4n) is 3.30. The van der Waals surface area contributed by atoms with Crippen LogP contribution in [0.4, 0.5) is 5.69 Å². The van der Waals surface area contributed by atoms with Crippen molar-refractivity contribution in [2.75, 3.05) is 18.0 Å². The molecule has 4 heteroatoms. The molecule has 0 atom stereocenters. The Labute approximate surface area is 147 Å². The third-order valence-electron chi connectivity index (χ3n) is 4.66. The molecule has 4 rings (SSSR count). The number of carbonyl (C=O) groups is 1. The van der Waals surface area contributed by atoms with Gasteiger partial charge in [0.15, 0.2) is 0 Å². The van der Waals surface area contributed by atoms with Gasteiger partial charge in [0.25, 0.3) is 0 Å². The number of carbonyl (C=O) groups excluding carboxylic acids is 1. The molecule has 126 valence electrons. The molecule has 0 unspecified atom stereocenters. The van der Waals surface area contributed by atoms with E-state index in [4.69, 9.17) is 4.84 Å². The molecule has 0 bridgehead atoms. The van der Waals surface area contributed by atoms with E-state index in [0.717, 1.165) is 24.2 Å². The van der Waals surface area contributed by atoms with Crippen LogP contribution in [0.2, 0.25) is 0 Å². The minimum absolute atomic E-state index is 0.380. The van der Waals surface area contributed by atoms with Gasteiger partial charge in [0.1, 0.15) is 0 Å². The average molecular weight is 332 g/mol. The highest BCUT2D eigenvalue weighted by molar-refractivity contribution is 6.25. The van der Waals surface area contributed by atoms with Crippen molar-refractivity contribution in [2.45, 2.75) is 19.3 Å². The second-order valence-electron chi connectivity index (χ2n) is 6.42. The fraction of sp³-hybridized carbons (Fsp3) is 0.238. The average Bonchev–Trinajstić information content (AvgIpc) is 3.29. The van der Waals surface area contributed by atoms with Crippen LogP contribution in [0.25, 0.3) is 6.08 Å². The van der Waals surface area contributed by atoms with E-state index in [0.29, 0.717) is 17.7 Å². The van der Waals surface area contributed by atoms with E-state index in [1.54, 1.807) is 0 Å². The van der Waals surface area contributed by atoms with Gasteiger partial charge in [0, 0.05) is 25.2 Å². The molecular formula is C21H20N2O2. The standard InChI is InChI=1S/C21H20N2O2/c24-21-19(20(22-25-21)15-16-6-2-1-3-7-16)14-17-8-10-18(11-9-17)23-12-4-5-13-23/h1-3,6-11,14H,4-5,12-13,15H2/b19-14-. The number of rotatable bonds is 4. The number of oxime groups is 1. The molecule has 2 aromatic rings.